The zero-order chi connectivity index (χ0) is 19.1. The number of Topliss-reactive ketones (excluding diaryl/α,β-unsaturated/α-hetero) is 1. The molecule has 12 nitrogen and oxygen atoms in total. The van der Waals surface area contributed by atoms with Crippen LogP contribution in [0.3, 0.4) is 0 Å². The van der Waals surface area contributed by atoms with Gasteiger partial charge in [-0.2, -0.15) is 0 Å². The molecule has 0 heterocycles. The van der Waals surface area contributed by atoms with Gasteiger partial charge in [-0.05, 0) is 0 Å². The Morgan fingerprint density at radius 3 is 1.92 bits per heavy atom. The summed E-state index contributed by atoms with van der Waals surface area (Å²) >= 11 is 0. The van der Waals surface area contributed by atoms with Gasteiger partial charge in [0, 0.05) is 17.1 Å². The summed E-state index contributed by atoms with van der Waals surface area (Å²) in [5.41, 5.74) is -2.95. The Morgan fingerprint density at radius 1 is 1.00 bits per heavy atom. The molecule has 0 saturated heterocycles. The van der Waals surface area contributed by atoms with Crippen molar-refractivity contribution in [3.8, 4) is 0 Å². The van der Waals surface area contributed by atoms with Gasteiger partial charge in [-0.3, -0.25) is 14.4 Å². The Bertz CT molecular complexity index is 494. The van der Waals surface area contributed by atoms with Crippen molar-refractivity contribution in [3.63, 3.8) is 0 Å². The second kappa shape index (κ2) is 11.1. The van der Waals surface area contributed by atoms with Gasteiger partial charge in [-0.1, -0.05) is 0 Å². The molecule has 0 fully saturated rings. The van der Waals surface area contributed by atoms with Crippen molar-refractivity contribution < 1.29 is 76.7 Å². The Balaban J connectivity index is 0. The molecule has 0 aliphatic heterocycles. The van der Waals surface area contributed by atoms with Crippen molar-refractivity contribution in [1.82, 2.24) is 0 Å². The average Bonchev–Trinajstić information content (AvgIpc) is 2.49. The summed E-state index contributed by atoms with van der Waals surface area (Å²) < 4.78 is 4.30. The van der Waals surface area contributed by atoms with Gasteiger partial charge in [0.1, 0.15) is 18.3 Å². The van der Waals surface area contributed by atoms with E-state index in [4.69, 9.17) is 20.4 Å². The Labute approximate surface area is 151 Å². The molecule has 0 aliphatic rings. The first kappa shape index (κ1) is 25.6. The molecule has 13 heteroatoms. The number of aliphatic hydroxyl groups is 5. The van der Waals surface area contributed by atoms with Crippen LogP contribution in [0, 0.1) is 0 Å². The molecule has 7 N–H and O–H groups in total. The van der Waals surface area contributed by atoms with Crippen molar-refractivity contribution in [1.29, 1.82) is 0 Å². The summed E-state index contributed by atoms with van der Waals surface area (Å²) in [6.07, 6.45) is -8.65. The number of ketones is 1. The fraction of sp³-hybridized carbons (Fsp3) is 0.667. The minimum Gasteiger partial charge on any atom is -0.481 e. The molecule has 0 aliphatic carbocycles. The third kappa shape index (κ3) is 8.36. The zero-order valence-corrected chi connectivity index (χ0v) is 13.7. The zero-order valence-electron chi connectivity index (χ0n) is 12.6. The van der Waals surface area contributed by atoms with Crippen molar-refractivity contribution >= 4 is 23.7 Å². The summed E-state index contributed by atoms with van der Waals surface area (Å²) in [6, 6.07) is 0. The van der Waals surface area contributed by atoms with Gasteiger partial charge < -0.3 is 40.5 Å². The predicted molar refractivity (Wildman–Crippen MR) is 70.5 cm³/mol. The second-order valence-corrected chi connectivity index (χ2v) is 4.90. The first-order chi connectivity index (χ1) is 10.9. The molecule has 0 aromatic rings. The first-order valence-corrected chi connectivity index (χ1v) is 6.45. The van der Waals surface area contributed by atoms with E-state index < -0.39 is 73.7 Å². The number of rotatable bonds is 11. The smallest absolute Gasteiger partial charge is 0.336 e. The van der Waals surface area contributed by atoms with Gasteiger partial charge >= 0.3 is 17.9 Å². The van der Waals surface area contributed by atoms with E-state index in [0.29, 0.717) is 0 Å². The van der Waals surface area contributed by atoms with Crippen LogP contribution in [0.5, 0.6) is 0 Å². The van der Waals surface area contributed by atoms with E-state index in [-0.39, 0.29) is 17.1 Å². The fourth-order valence-electron chi connectivity index (χ4n) is 1.50. The van der Waals surface area contributed by atoms with Gasteiger partial charge in [-0.15, -0.1) is 0 Å². The number of carbonyl (C=O) groups excluding carboxylic acids is 2. The molecule has 4 atom stereocenters. The molecule has 0 amide bonds. The number of aliphatic carboxylic acids is 2. The van der Waals surface area contributed by atoms with Gasteiger partial charge in [0.25, 0.3) is 0 Å². The molecule has 0 radical (unpaired) electrons. The molecule has 0 aromatic carbocycles. The maximum atomic E-state index is 11.4. The Morgan fingerprint density at radius 2 is 1.52 bits per heavy atom. The molecule has 0 spiro atoms. The minimum atomic E-state index is -2.95. The predicted octanol–water partition coefficient (Wildman–Crippen LogP) is -4.15. The topological polar surface area (TPSA) is 219 Å². The summed E-state index contributed by atoms with van der Waals surface area (Å²) in [5, 5.41) is 63.1. The number of hydrogen-bond donors (Lipinski definition) is 7. The number of carboxylic acid groups (broad SMARTS) is 2. The largest absolute Gasteiger partial charge is 0.481 e. The first-order valence-electron chi connectivity index (χ1n) is 6.45. The van der Waals surface area contributed by atoms with Crippen LogP contribution >= 0.6 is 0 Å². The molecule has 0 aromatic heterocycles. The monoisotopic (exact) mass is 410 g/mol. The average molecular weight is 410 g/mol. The number of carboxylic acids is 2. The molecule has 1 unspecified atom stereocenters. The van der Waals surface area contributed by atoms with Crippen molar-refractivity contribution in [2.75, 3.05) is 13.2 Å². The number of esters is 1. The van der Waals surface area contributed by atoms with E-state index in [1.165, 1.54) is 0 Å². The number of ether oxygens (including phenoxy) is 1. The second-order valence-electron chi connectivity index (χ2n) is 4.90. The van der Waals surface area contributed by atoms with Crippen LogP contribution in [0.2, 0.25) is 0 Å². The standard InChI is InChI=1S/C12H18O12.Fe/c13-3-5(14)9(19)10(20)6(15)4-24-8(18)2-12(23,11(21)22)1-7(16)17;/h5,9-10,13-14,19-20,23H,1-4H2,(H,16,17)(H,21,22);/t5-,9+,10+,12?;/m1./s1. The number of carbonyl (C=O) groups is 4. The van der Waals surface area contributed by atoms with Crippen LogP contribution in [0.4, 0.5) is 0 Å². The van der Waals surface area contributed by atoms with Gasteiger partial charge in [-0.25, -0.2) is 4.79 Å². The van der Waals surface area contributed by atoms with E-state index >= 15 is 0 Å². The van der Waals surface area contributed by atoms with E-state index in [0.717, 1.165) is 0 Å². The van der Waals surface area contributed by atoms with Crippen LogP contribution in [-0.2, 0) is 41.0 Å². The minimum absolute atomic E-state index is 0. The maximum Gasteiger partial charge on any atom is 0.336 e. The summed E-state index contributed by atoms with van der Waals surface area (Å²) in [7, 11) is 0. The SMILES string of the molecule is O=C(O)CC(O)(CC(=O)OCC(=O)[C@H](O)[C@@H](O)[C@H](O)CO)C(=O)O.[Fe]. The summed E-state index contributed by atoms with van der Waals surface area (Å²) in [5.74, 6) is -6.41. The molecular formula is C12H18FeO12. The fourth-order valence-corrected chi connectivity index (χ4v) is 1.50. The Hall–Kier alpha value is -1.60. The quantitative estimate of drug-likeness (QED) is 0.128. The van der Waals surface area contributed by atoms with Gasteiger partial charge in [0.2, 0.25) is 5.78 Å². The van der Waals surface area contributed by atoms with Crippen LogP contribution in [0.25, 0.3) is 0 Å². The third-order valence-electron chi connectivity index (χ3n) is 2.89. The summed E-state index contributed by atoms with van der Waals surface area (Å²) in [4.78, 5) is 44.2. The van der Waals surface area contributed by atoms with E-state index in [9.17, 15) is 34.5 Å². The maximum absolute atomic E-state index is 11.4. The van der Waals surface area contributed by atoms with Crippen LogP contribution in [0.15, 0.2) is 0 Å². The van der Waals surface area contributed by atoms with Gasteiger partial charge in [0.15, 0.2) is 12.2 Å². The molecule has 0 rings (SSSR count). The molecule has 0 saturated carbocycles. The third-order valence-corrected chi connectivity index (χ3v) is 2.89. The van der Waals surface area contributed by atoms with E-state index in [1.54, 1.807) is 0 Å². The van der Waals surface area contributed by atoms with Crippen LogP contribution in [0.1, 0.15) is 12.8 Å². The summed E-state index contributed by atoms with van der Waals surface area (Å²) in [6.45, 7) is -2.09. The number of hydrogen-bond acceptors (Lipinski definition) is 10. The van der Waals surface area contributed by atoms with Crippen LogP contribution < -0.4 is 0 Å². The Kier molecular flexibility index (Phi) is 11.4. The molecule has 146 valence electrons. The van der Waals surface area contributed by atoms with Crippen molar-refractivity contribution in [2.45, 2.75) is 36.8 Å². The van der Waals surface area contributed by atoms with Crippen molar-refractivity contribution in [3.05, 3.63) is 0 Å². The molecular weight excluding hydrogens is 392 g/mol. The van der Waals surface area contributed by atoms with Crippen molar-refractivity contribution in [2.24, 2.45) is 0 Å². The number of aliphatic hydroxyl groups excluding tert-OH is 4. The molecule has 0 bridgehead atoms. The normalized spacial score (nSPS) is 16.5. The van der Waals surface area contributed by atoms with E-state index in [1.807, 2.05) is 0 Å². The van der Waals surface area contributed by atoms with Gasteiger partial charge in [0.05, 0.1) is 19.4 Å². The van der Waals surface area contributed by atoms with E-state index in [2.05, 4.69) is 4.74 Å². The van der Waals surface area contributed by atoms with Crippen LogP contribution in [-0.4, -0.2) is 96.6 Å². The molecule has 25 heavy (non-hydrogen) atoms.